The van der Waals surface area contributed by atoms with Gasteiger partial charge in [0.25, 0.3) is 0 Å². The van der Waals surface area contributed by atoms with E-state index in [9.17, 15) is 39.0 Å². The standard InChI is InChI=1S/C27H41N7O8/c1-15(31-24(38)18(29)13-16-7-9-17(35)10-8-16)23(37)32-19(5-2-3-11-28)26(40)34-12-4-6-21(34)25(39)33-20(27(41)42)14-22(30)36/h7-10,15,18-21,35H,2-6,11-14,28-29H2,1H3,(H2,30,36)(H,31,38)(H,32,37)(H,33,39)(H,41,42)/t15-,18-,19-,20-,21-/m0/s1. The number of amides is 5. The number of aromatic hydroxyl groups is 1. The number of benzene rings is 1. The maximum absolute atomic E-state index is 13.6. The van der Waals surface area contributed by atoms with Crippen LogP contribution in [-0.4, -0.2) is 93.9 Å². The number of carboxylic acids is 1. The lowest BCUT2D eigenvalue weighted by Crippen LogP contribution is -2.58. The summed E-state index contributed by atoms with van der Waals surface area (Å²) in [5.74, 6) is -4.79. The molecule has 1 heterocycles. The van der Waals surface area contributed by atoms with Crippen LogP contribution in [0.4, 0.5) is 0 Å². The van der Waals surface area contributed by atoms with Crippen LogP contribution in [0.15, 0.2) is 24.3 Å². The fourth-order valence-corrected chi connectivity index (χ4v) is 4.58. The van der Waals surface area contributed by atoms with Crippen molar-refractivity contribution < 1.29 is 39.0 Å². The van der Waals surface area contributed by atoms with Crippen LogP contribution in [0.25, 0.3) is 0 Å². The van der Waals surface area contributed by atoms with Crippen molar-refractivity contribution in [2.45, 2.75) is 82.1 Å². The molecule has 232 valence electrons. The summed E-state index contributed by atoms with van der Waals surface area (Å²) in [6.45, 7) is 2.01. The number of phenols is 1. The first kappa shape index (κ1) is 34.0. The Morgan fingerprint density at radius 3 is 2.26 bits per heavy atom. The third-order valence-electron chi connectivity index (χ3n) is 6.90. The van der Waals surface area contributed by atoms with Crippen molar-refractivity contribution in [3.05, 3.63) is 29.8 Å². The molecule has 0 bridgehead atoms. The predicted molar refractivity (Wildman–Crippen MR) is 150 cm³/mol. The number of phenolic OH excluding ortho intramolecular Hbond substituents is 1. The average Bonchev–Trinajstić information content (AvgIpc) is 3.43. The molecule has 5 atom stereocenters. The molecule has 1 fully saturated rings. The molecule has 0 saturated carbocycles. The van der Waals surface area contributed by atoms with E-state index in [-0.39, 0.29) is 31.6 Å². The third kappa shape index (κ3) is 10.3. The highest BCUT2D eigenvalue weighted by molar-refractivity contribution is 5.96. The number of nitrogens with two attached hydrogens (primary N) is 3. The van der Waals surface area contributed by atoms with Gasteiger partial charge in [-0.2, -0.15) is 0 Å². The molecule has 11 N–H and O–H groups in total. The molecule has 1 aliphatic heterocycles. The maximum atomic E-state index is 13.6. The number of unbranched alkanes of at least 4 members (excludes halogenated alkanes) is 1. The number of primary amides is 1. The molecule has 0 unspecified atom stereocenters. The van der Waals surface area contributed by atoms with Crippen molar-refractivity contribution in [1.29, 1.82) is 0 Å². The second-order valence-corrected chi connectivity index (χ2v) is 10.3. The zero-order chi connectivity index (χ0) is 31.4. The van der Waals surface area contributed by atoms with Gasteiger partial charge >= 0.3 is 5.97 Å². The van der Waals surface area contributed by atoms with Crippen LogP contribution in [0.5, 0.6) is 5.75 Å². The average molecular weight is 592 g/mol. The normalized spacial score (nSPS) is 17.4. The van der Waals surface area contributed by atoms with Crippen LogP contribution in [0.1, 0.15) is 51.0 Å². The molecular formula is C27H41N7O8. The van der Waals surface area contributed by atoms with Gasteiger partial charge in [-0.05, 0) is 69.7 Å². The Morgan fingerprint density at radius 1 is 1.00 bits per heavy atom. The van der Waals surface area contributed by atoms with E-state index in [0.717, 1.165) is 0 Å². The van der Waals surface area contributed by atoms with Crippen molar-refractivity contribution in [2.75, 3.05) is 13.1 Å². The van der Waals surface area contributed by atoms with Crippen LogP contribution in [-0.2, 0) is 35.2 Å². The van der Waals surface area contributed by atoms with Crippen LogP contribution in [0.2, 0.25) is 0 Å². The van der Waals surface area contributed by atoms with Crippen molar-refractivity contribution >= 4 is 35.5 Å². The van der Waals surface area contributed by atoms with Gasteiger partial charge in [-0.15, -0.1) is 0 Å². The van der Waals surface area contributed by atoms with Gasteiger partial charge in [0, 0.05) is 6.54 Å². The molecule has 0 spiro atoms. The molecule has 2 rings (SSSR count). The number of hydrogen-bond donors (Lipinski definition) is 8. The number of nitrogens with one attached hydrogen (secondary N) is 3. The summed E-state index contributed by atoms with van der Waals surface area (Å²) >= 11 is 0. The van der Waals surface area contributed by atoms with Gasteiger partial charge < -0.3 is 48.3 Å². The zero-order valence-electron chi connectivity index (χ0n) is 23.6. The lowest BCUT2D eigenvalue weighted by Gasteiger charge is -2.30. The summed E-state index contributed by atoms with van der Waals surface area (Å²) < 4.78 is 0. The minimum atomic E-state index is -1.54. The maximum Gasteiger partial charge on any atom is 0.326 e. The molecule has 0 aromatic heterocycles. The van der Waals surface area contributed by atoms with Crippen molar-refractivity contribution in [1.82, 2.24) is 20.9 Å². The van der Waals surface area contributed by atoms with Crippen LogP contribution >= 0.6 is 0 Å². The quantitative estimate of drug-likeness (QED) is 0.0963. The van der Waals surface area contributed by atoms with Crippen molar-refractivity contribution in [3.63, 3.8) is 0 Å². The van der Waals surface area contributed by atoms with E-state index < -0.39 is 72.1 Å². The van der Waals surface area contributed by atoms with Crippen molar-refractivity contribution in [3.8, 4) is 5.75 Å². The first-order chi connectivity index (χ1) is 19.8. The predicted octanol–water partition coefficient (Wildman–Crippen LogP) is -2.18. The lowest BCUT2D eigenvalue weighted by molar-refractivity contribution is -0.146. The number of hydrogen-bond acceptors (Lipinski definition) is 9. The number of nitrogens with zero attached hydrogens (tertiary/aromatic N) is 1. The summed E-state index contributed by atoms with van der Waals surface area (Å²) in [5, 5.41) is 26.2. The molecule has 0 aliphatic carbocycles. The fraction of sp³-hybridized carbons (Fsp3) is 0.556. The Kier molecular flexibility index (Phi) is 13.2. The number of likely N-dealkylation sites (tertiary alicyclic amines) is 1. The van der Waals surface area contributed by atoms with Gasteiger partial charge in [-0.3, -0.25) is 24.0 Å². The topological polar surface area (TPSA) is 260 Å². The largest absolute Gasteiger partial charge is 0.508 e. The summed E-state index contributed by atoms with van der Waals surface area (Å²) in [5.41, 5.74) is 17.4. The van der Waals surface area contributed by atoms with E-state index in [1.807, 2.05) is 0 Å². The second-order valence-electron chi connectivity index (χ2n) is 10.3. The molecule has 5 amide bonds. The molecule has 1 aromatic carbocycles. The summed E-state index contributed by atoms with van der Waals surface area (Å²) in [7, 11) is 0. The number of carboxylic acid groups (broad SMARTS) is 1. The highest BCUT2D eigenvalue weighted by Crippen LogP contribution is 2.20. The highest BCUT2D eigenvalue weighted by Gasteiger charge is 2.39. The van der Waals surface area contributed by atoms with E-state index >= 15 is 0 Å². The molecule has 15 nitrogen and oxygen atoms in total. The molecule has 15 heteroatoms. The van der Waals surface area contributed by atoms with E-state index in [1.54, 1.807) is 12.1 Å². The Bertz CT molecular complexity index is 1130. The van der Waals surface area contributed by atoms with Gasteiger partial charge in [0.05, 0.1) is 12.5 Å². The molecule has 0 radical (unpaired) electrons. The summed E-state index contributed by atoms with van der Waals surface area (Å²) in [4.78, 5) is 76.0. The first-order valence-electron chi connectivity index (χ1n) is 13.8. The van der Waals surface area contributed by atoms with Crippen molar-refractivity contribution in [2.24, 2.45) is 17.2 Å². The minimum absolute atomic E-state index is 0.0750. The lowest BCUT2D eigenvalue weighted by atomic mass is 10.0. The monoisotopic (exact) mass is 591 g/mol. The Hall–Kier alpha value is -4.24. The number of rotatable bonds is 16. The van der Waals surface area contributed by atoms with Crippen LogP contribution in [0, 0.1) is 0 Å². The second kappa shape index (κ2) is 16.3. The van der Waals surface area contributed by atoms with E-state index in [4.69, 9.17) is 17.2 Å². The molecule has 42 heavy (non-hydrogen) atoms. The first-order valence-corrected chi connectivity index (χ1v) is 13.8. The van der Waals surface area contributed by atoms with Gasteiger partial charge in [0.2, 0.25) is 29.5 Å². The van der Waals surface area contributed by atoms with E-state index in [0.29, 0.717) is 31.4 Å². The Labute approximate surface area is 243 Å². The molecule has 1 aromatic rings. The Balaban J connectivity index is 2.06. The third-order valence-corrected chi connectivity index (χ3v) is 6.90. The van der Waals surface area contributed by atoms with Gasteiger partial charge in [-0.1, -0.05) is 12.1 Å². The molecule has 1 aliphatic rings. The number of carbonyl (C=O) groups excluding carboxylic acids is 5. The zero-order valence-corrected chi connectivity index (χ0v) is 23.6. The Morgan fingerprint density at radius 2 is 1.67 bits per heavy atom. The summed E-state index contributed by atoms with van der Waals surface area (Å²) in [6.07, 6.45) is 1.57. The fourth-order valence-electron chi connectivity index (χ4n) is 4.58. The molecular weight excluding hydrogens is 550 g/mol. The highest BCUT2D eigenvalue weighted by atomic mass is 16.4. The molecule has 1 saturated heterocycles. The number of carbonyl (C=O) groups is 6. The van der Waals surface area contributed by atoms with Crippen LogP contribution in [0.3, 0.4) is 0 Å². The van der Waals surface area contributed by atoms with E-state index in [2.05, 4.69) is 16.0 Å². The summed E-state index contributed by atoms with van der Waals surface area (Å²) in [6, 6.07) is 0.590. The van der Waals surface area contributed by atoms with Gasteiger partial charge in [0.15, 0.2) is 0 Å². The smallest absolute Gasteiger partial charge is 0.326 e. The van der Waals surface area contributed by atoms with E-state index in [1.165, 1.54) is 24.0 Å². The van der Waals surface area contributed by atoms with Gasteiger partial charge in [-0.25, -0.2) is 4.79 Å². The van der Waals surface area contributed by atoms with Gasteiger partial charge in [0.1, 0.15) is 29.9 Å². The SMILES string of the molecule is C[C@H](NC(=O)[C@@H](N)Cc1ccc(O)cc1)C(=O)N[C@@H](CCCCN)C(=O)N1CCC[C@H]1C(=O)N[C@@H](CC(N)=O)C(=O)O. The van der Waals surface area contributed by atoms with Crippen LogP contribution < -0.4 is 33.2 Å². The number of aliphatic carboxylic acids is 1. The minimum Gasteiger partial charge on any atom is -0.508 e.